The summed E-state index contributed by atoms with van der Waals surface area (Å²) in [5, 5.41) is 12.1. The Morgan fingerprint density at radius 3 is 2.50 bits per heavy atom. The molecule has 154 valence electrons. The highest BCUT2D eigenvalue weighted by Crippen LogP contribution is 2.45. The molecule has 1 aliphatic rings. The van der Waals surface area contributed by atoms with Crippen molar-refractivity contribution in [3.05, 3.63) is 59.1 Å². The molecule has 4 aromatic rings. The van der Waals surface area contributed by atoms with Gasteiger partial charge < -0.3 is 9.88 Å². The maximum atomic E-state index is 15.5. The van der Waals surface area contributed by atoms with E-state index in [-0.39, 0.29) is 11.3 Å². The van der Waals surface area contributed by atoms with Gasteiger partial charge in [-0.25, -0.2) is 13.2 Å². The summed E-state index contributed by atoms with van der Waals surface area (Å²) in [5.74, 6) is -1.39. The Kier molecular flexibility index (Phi) is 3.66. The Morgan fingerprint density at radius 1 is 1.03 bits per heavy atom. The average Bonchev–Trinajstić information content (AvgIpc) is 3.24. The van der Waals surface area contributed by atoms with Crippen LogP contribution >= 0.6 is 0 Å². The van der Waals surface area contributed by atoms with Crippen LogP contribution in [-0.4, -0.2) is 19.3 Å². The largest absolute Gasteiger partial charge is 0.369 e. The van der Waals surface area contributed by atoms with Gasteiger partial charge in [0.05, 0.1) is 22.4 Å². The fraction of sp³-hybridized carbons (Fsp3) is 0.273. The summed E-state index contributed by atoms with van der Waals surface area (Å²) in [4.78, 5) is 0. The molecule has 0 saturated carbocycles. The molecule has 1 aliphatic heterocycles. The Labute approximate surface area is 171 Å². The number of aromatic nitrogens is 4. The number of anilines is 1. The zero-order valence-corrected chi connectivity index (χ0v) is 17.2. The van der Waals surface area contributed by atoms with Crippen LogP contribution in [0.1, 0.15) is 31.1 Å². The van der Waals surface area contributed by atoms with Crippen molar-refractivity contribution in [2.24, 2.45) is 7.05 Å². The Hall–Kier alpha value is -3.29. The lowest BCUT2D eigenvalue weighted by molar-refractivity contribution is 0.488. The number of nitrogens with one attached hydrogen (secondary N) is 1. The maximum absolute atomic E-state index is 15.5. The average molecular weight is 411 g/mol. The summed E-state index contributed by atoms with van der Waals surface area (Å²) >= 11 is 0. The van der Waals surface area contributed by atoms with Crippen LogP contribution in [0.4, 0.5) is 18.9 Å². The van der Waals surface area contributed by atoms with Crippen molar-refractivity contribution in [2.45, 2.75) is 33.2 Å². The predicted octanol–water partition coefficient (Wildman–Crippen LogP) is 5.12. The Bertz CT molecular complexity index is 1360. The van der Waals surface area contributed by atoms with Gasteiger partial charge in [-0.1, -0.05) is 0 Å². The number of rotatable bonds is 1. The first kappa shape index (κ1) is 18.7. The van der Waals surface area contributed by atoms with Crippen molar-refractivity contribution in [3.8, 4) is 16.8 Å². The topological polar surface area (TPSA) is 47.7 Å². The van der Waals surface area contributed by atoms with Crippen LogP contribution in [0, 0.1) is 31.3 Å². The van der Waals surface area contributed by atoms with Gasteiger partial charge in [0.2, 0.25) is 0 Å². The number of hydrogen-bond acceptors (Lipinski definition) is 3. The molecule has 8 heteroatoms. The monoisotopic (exact) mass is 411 g/mol. The van der Waals surface area contributed by atoms with Gasteiger partial charge in [0.15, 0.2) is 17.5 Å². The van der Waals surface area contributed by atoms with Crippen LogP contribution in [-0.2, 0) is 12.6 Å². The maximum Gasteiger partial charge on any atom is 0.184 e. The summed E-state index contributed by atoms with van der Waals surface area (Å²) in [6, 6.07) is 4.41. The van der Waals surface area contributed by atoms with Crippen LogP contribution in [0.25, 0.3) is 27.7 Å². The third kappa shape index (κ3) is 2.30. The zero-order valence-electron chi connectivity index (χ0n) is 17.2. The van der Waals surface area contributed by atoms with E-state index in [0.717, 1.165) is 0 Å². The van der Waals surface area contributed by atoms with E-state index >= 15 is 8.78 Å². The molecule has 30 heavy (non-hydrogen) atoms. The minimum atomic E-state index is -1.01. The molecule has 5 nitrogen and oxygen atoms in total. The molecule has 0 fully saturated rings. The lowest BCUT2D eigenvalue weighted by Gasteiger charge is -2.35. The van der Waals surface area contributed by atoms with Gasteiger partial charge in [0, 0.05) is 24.2 Å². The van der Waals surface area contributed by atoms with Gasteiger partial charge in [-0.05, 0) is 57.0 Å². The van der Waals surface area contributed by atoms with Gasteiger partial charge in [-0.3, -0.25) is 4.57 Å². The molecule has 3 heterocycles. The molecular weight excluding hydrogens is 391 g/mol. The molecular formula is C22H20F3N5. The highest BCUT2D eigenvalue weighted by atomic mass is 19.2. The number of aryl methyl sites for hydroxylation is 2. The van der Waals surface area contributed by atoms with Gasteiger partial charge in [0.25, 0.3) is 0 Å². The molecule has 0 amide bonds. The third-order valence-electron chi connectivity index (χ3n) is 5.88. The lowest BCUT2D eigenvalue weighted by Crippen LogP contribution is -2.37. The molecule has 2 aromatic heterocycles. The normalized spacial score (nSPS) is 14.5. The molecule has 0 saturated heterocycles. The standard InChI is InChI=1S/C22H20F3N5/c1-10-16(14-8-12(23)9-15-13(14)6-7-29(15)5)17(24)18(25)19-20(10)30-11(2)27-28-21(30)22(3,4)26-19/h6-9,26H,1-5H3. The predicted molar refractivity (Wildman–Crippen MR) is 109 cm³/mol. The molecule has 0 spiro atoms. The van der Waals surface area contributed by atoms with Gasteiger partial charge >= 0.3 is 0 Å². The molecule has 2 aromatic carbocycles. The van der Waals surface area contributed by atoms with E-state index in [0.29, 0.717) is 39.4 Å². The Morgan fingerprint density at radius 2 is 1.77 bits per heavy atom. The van der Waals surface area contributed by atoms with E-state index in [4.69, 9.17) is 0 Å². The molecule has 5 rings (SSSR count). The van der Waals surface area contributed by atoms with E-state index in [1.807, 2.05) is 13.8 Å². The minimum Gasteiger partial charge on any atom is -0.369 e. The second kappa shape index (κ2) is 5.87. The number of benzene rings is 2. The van der Waals surface area contributed by atoms with Crippen LogP contribution in [0.15, 0.2) is 24.4 Å². The Balaban J connectivity index is 1.92. The van der Waals surface area contributed by atoms with Gasteiger partial charge in [-0.2, -0.15) is 0 Å². The zero-order chi connectivity index (χ0) is 21.5. The molecule has 0 atom stereocenters. The summed E-state index contributed by atoms with van der Waals surface area (Å²) in [5.41, 5.74) is 1.15. The SMILES string of the molecule is Cc1c(-c2cc(F)cc3c2ccn3C)c(F)c(F)c2c1-n1c(C)nnc1C(C)(C)N2. The first-order chi connectivity index (χ1) is 14.1. The lowest BCUT2D eigenvalue weighted by atomic mass is 9.91. The first-order valence-electron chi connectivity index (χ1n) is 9.59. The first-order valence-corrected chi connectivity index (χ1v) is 9.59. The van der Waals surface area contributed by atoms with Crippen molar-refractivity contribution in [1.29, 1.82) is 0 Å². The van der Waals surface area contributed by atoms with E-state index < -0.39 is 23.0 Å². The smallest absolute Gasteiger partial charge is 0.184 e. The van der Waals surface area contributed by atoms with Gasteiger partial charge in [-0.15, -0.1) is 10.2 Å². The number of halogens is 3. The molecule has 0 aliphatic carbocycles. The van der Waals surface area contributed by atoms with Crippen LogP contribution in [0.5, 0.6) is 0 Å². The van der Waals surface area contributed by atoms with Crippen molar-refractivity contribution in [2.75, 3.05) is 5.32 Å². The van der Waals surface area contributed by atoms with Crippen molar-refractivity contribution in [1.82, 2.24) is 19.3 Å². The summed E-state index contributed by atoms with van der Waals surface area (Å²) in [7, 11) is 1.78. The van der Waals surface area contributed by atoms with E-state index in [2.05, 4.69) is 15.5 Å². The van der Waals surface area contributed by atoms with Crippen molar-refractivity contribution < 1.29 is 13.2 Å². The van der Waals surface area contributed by atoms with Crippen LogP contribution < -0.4 is 5.32 Å². The minimum absolute atomic E-state index is 0.0301. The molecule has 0 unspecified atom stereocenters. The third-order valence-corrected chi connectivity index (χ3v) is 5.88. The van der Waals surface area contributed by atoms with Crippen LogP contribution in [0.3, 0.4) is 0 Å². The van der Waals surface area contributed by atoms with Crippen molar-refractivity contribution >= 4 is 16.6 Å². The quantitative estimate of drug-likeness (QED) is 0.473. The molecule has 0 bridgehead atoms. The summed E-state index contributed by atoms with van der Waals surface area (Å²) in [6.07, 6.45) is 1.77. The summed E-state index contributed by atoms with van der Waals surface area (Å²) < 4.78 is 48.8. The number of nitrogens with zero attached hydrogens (tertiary/aromatic N) is 4. The van der Waals surface area contributed by atoms with Gasteiger partial charge in [0.1, 0.15) is 11.6 Å². The van der Waals surface area contributed by atoms with E-state index in [1.54, 1.807) is 42.3 Å². The fourth-order valence-corrected chi connectivity index (χ4v) is 4.45. The van der Waals surface area contributed by atoms with Crippen LogP contribution in [0.2, 0.25) is 0 Å². The molecule has 0 radical (unpaired) electrons. The molecule has 1 N–H and O–H groups in total. The summed E-state index contributed by atoms with van der Waals surface area (Å²) in [6.45, 7) is 7.13. The second-order valence-corrected chi connectivity index (χ2v) is 8.32. The fourth-order valence-electron chi connectivity index (χ4n) is 4.45. The number of hydrogen-bond donors (Lipinski definition) is 1. The second-order valence-electron chi connectivity index (χ2n) is 8.32. The number of fused-ring (bicyclic) bond motifs is 4. The highest BCUT2D eigenvalue weighted by Gasteiger charge is 2.38. The highest BCUT2D eigenvalue weighted by molar-refractivity contribution is 5.98. The van der Waals surface area contributed by atoms with E-state index in [1.165, 1.54) is 12.1 Å². The van der Waals surface area contributed by atoms with E-state index in [9.17, 15) is 4.39 Å². The van der Waals surface area contributed by atoms with Crippen molar-refractivity contribution in [3.63, 3.8) is 0 Å².